The Morgan fingerprint density at radius 1 is 1.47 bits per heavy atom. The summed E-state index contributed by atoms with van der Waals surface area (Å²) in [5, 5.41) is 5.53. The Hall–Kier alpha value is -0.0300. The first-order valence-electron chi connectivity index (χ1n) is 5.38. The van der Waals surface area contributed by atoms with Crippen LogP contribution in [-0.4, -0.2) is 32.1 Å². The van der Waals surface area contributed by atoms with Crippen LogP contribution < -0.4 is 5.32 Å². The molecule has 2 nitrogen and oxygen atoms in total. The molecule has 1 aromatic heterocycles. The van der Waals surface area contributed by atoms with Gasteiger partial charge in [-0.3, -0.25) is 0 Å². The summed E-state index contributed by atoms with van der Waals surface area (Å²) >= 11 is 3.73. The Balaban J connectivity index is 1.81. The fourth-order valence-electron chi connectivity index (χ4n) is 1.14. The lowest BCUT2D eigenvalue weighted by molar-refractivity contribution is 0.145. The van der Waals surface area contributed by atoms with E-state index >= 15 is 0 Å². The van der Waals surface area contributed by atoms with Crippen LogP contribution in [0, 0.1) is 0 Å². The van der Waals surface area contributed by atoms with Crippen LogP contribution in [0.3, 0.4) is 0 Å². The molecule has 4 heteroatoms. The molecule has 1 N–H and O–H groups in total. The van der Waals surface area contributed by atoms with Gasteiger partial charge < -0.3 is 10.1 Å². The smallest absolute Gasteiger partial charge is 0.0598 e. The molecule has 0 aliphatic rings. The van der Waals surface area contributed by atoms with Crippen LogP contribution in [0.5, 0.6) is 0 Å². The molecular weight excluding hydrogens is 226 g/mol. The average Bonchev–Trinajstić information content (AvgIpc) is 2.75. The normalized spacial score (nSPS) is 10.7. The van der Waals surface area contributed by atoms with Crippen LogP contribution in [-0.2, 0) is 4.74 Å². The number of thiophene rings is 1. The van der Waals surface area contributed by atoms with E-state index in [1.54, 1.807) is 0 Å². The number of nitrogens with one attached hydrogen (secondary N) is 1. The lowest BCUT2D eigenvalue weighted by Crippen LogP contribution is -2.19. The Kier molecular flexibility index (Phi) is 8.01. The lowest BCUT2D eigenvalue weighted by atomic mass is 10.4. The van der Waals surface area contributed by atoms with Crippen molar-refractivity contribution in [2.45, 2.75) is 17.6 Å². The maximum absolute atomic E-state index is 5.26. The van der Waals surface area contributed by atoms with E-state index in [0.717, 1.165) is 38.5 Å². The number of hydrogen-bond donors (Lipinski definition) is 1. The van der Waals surface area contributed by atoms with Crippen molar-refractivity contribution in [3.05, 3.63) is 17.5 Å². The van der Waals surface area contributed by atoms with Crippen molar-refractivity contribution in [2.24, 2.45) is 0 Å². The van der Waals surface area contributed by atoms with E-state index in [0.29, 0.717) is 0 Å². The lowest BCUT2D eigenvalue weighted by Gasteiger charge is -2.03. The molecule has 1 rings (SSSR count). The molecule has 0 saturated heterocycles. The van der Waals surface area contributed by atoms with E-state index in [1.165, 1.54) is 4.21 Å². The van der Waals surface area contributed by atoms with Crippen molar-refractivity contribution in [1.29, 1.82) is 0 Å². The van der Waals surface area contributed by atoms with Crippen LogP contribution in [0.4, 0.5) is 0 Å². The molecule has 0 aliphatic carbocycles. The predicted molar refractivity (Wildman–Crippen MR) is 69.0 cm³/mol. The summed E-state index contributed by atoms with van der Waals surface area (Å²) in [5.74, 6) is 1.15. The van der Waals surface area contributed by atoms with E-state index in [-0.39, 0.29) is 0 Å². The highest BCUT2D eigenvalue weighted by molar-refractivity contribution is 8.01. The van der Waals surface area contributed by atoms with Gasteiger partial charge in [0.05, 0.1) is 4.21 Å². The average molecular weight is 245 g/mol. The monoisotopic (exact) mass is 245 g/mol. The molecule has 0 aliphatic heterocycles. The maximum atomic E-state index is 5.26. The highest BCUT2D eigenvalue weighted by atomic mass is 32.2. The first-order valence-corrected chi connectivity index (χ1v) is 7.24. The third-order valence-corrected chi connectivity index (χ3v) is 4.00. The molecule has 0 saturated carbocycles. The number of ether oxygens (including phenoxy) is 1. The summed E-state index contributed by atoms with van der Waals surface area (Å²) in [5.41, 5.74) is 0. The van der Waals surface area contributed by atoms with E-state index in [2.05, 4.69) is 22.8 Å². The molecular formula is C11H19NOS2. The molecule has 0 radical (unpaired) electrons. The van der Waals surface area contributed by atoms with E-state index < -0.39 is 0 Å². The van der Waals surface area contributed by atoms with Gasteiger partial charge in [0.25, 0.3) is 0 Å². The van der Waals surface area contributed by atoms with Crippen molar-refractivity contribution in [3.63, 3.8) is 0 Å². The van der Waals surface area contributed by atoms with E-state index in [4.69, 9.17) is 4.74 Å². The summed E-state index contributed by atoms with van der Waals surface area (Å²) in [6.07, 6.45) is 1.11. The van der Waals surface area contributed by atoms with Crippen LogP contribution >= 0.6 is 23.1 Å². The highest BCUT2D eigenvalue weighted by Gasteiger charge is 1.93. The first-order chi connectivity index (χ1) is 7.43. The standard InChI is InChI=1S/C11H19NOS2/c1-2-13-8-4-6-12-7-10-15-11-5-3-9-14-11/h3,5,9,12H,2,4,6-8,10H2,1H3. The Labute approximate surface area is 100 Å². The Morgan fingerprint density at radius 2 is 2.40 bits per heavy atom. The van der Waals surface area contributed by atoms with Crippen molar-refractivity contribution in [2.75, 3.05) is 32.1 Å². The summed E-state index contributed by atoms with van der Waals surface area (Å²) in [6.45, 7) is 5.88. The van der Waals surface area contributed by atoms with Crippen LogP contribution in [0.25, 0.3) is 0 Å². The van der Waals surface area contributed by atoms with Crippen molar-refractivity contribution in [3.8, 4) is 0 Å². The molecule has 0 spiro atoms. The molecule has 1 heterocycles. The number of hydrogen-bond acceptors (Lipinski definition) is 4. The fourth-order valence-corrected chi connectivity index (χ4v) is 2.90. The fraction of sp³-hybridized carbons (Fsp3) is 0.636. The molecule has 0 atom stereocenters. The van der Waals surface area contributed by atoms with Gasteiger partial charge in [-0.1, -0.05) is 6.07 Å². The molecule has 0 unspecified atom stereocenters. The molecule has 0 fully saturated rings. The SMILES string of the molecule is CCOCCCNCCSc1cccs1. The van der Waals surface area contributed by atoms with Gasteiger partial charge in [-0.25, -0.2) is 0 Å². The second-order valence-corrected chi connectivity index (χ2v) is 5.42. The third kappa shape index (κ3) is 6.95. The minimum absolute atomic E-state index is 0.828. The van der Waals surface area contributed by atoms with E-state index in [1.807, 2.05) is 30.0 Å². The van der Waals surface area contributed by atoms with Gasteiger partial charge >= 0.3 is 0 Å². The van der Waals surface area contributed by atoms with Gasteiger partial charge in [-0.05, 0) is 31.3 Å². The largest absolute Gasteiger partial charge is 0.382 e. The van der Waals surface area contributed by atoms with Crippen LogP contribution in [0.15, 0.2) is 21.7 Å². The predicted octanol–water partition coefficient (Wildman–Crippen LogP) is 2.86. The Bertz CT molecular complexity index is 227. The van der Waals surface area contributed by atoms with Gasteiger partial charge in [0.15, 0.2) is 0 Å². The molecule has 1 aromatic rings. The molecule has 0 amide bonds. The second kappa shape index (κ2) is 9.21. The highest BCUT2D eigenvalue weighted by Crippen LogP contribution is 2.22. The summed E-state index contributed by atoms with van der Waals surface area (Å²) in [6, 6.07) is 4.27. The van der Waals surface area contributed by atoms with Gasteiger partial charge in [-0.15, -0.1) is 23.1 Å². The summed E-state index contributed by atoms with van der Waals surface area (Å²) in [4.78, 5) is 0. The molecule has 86 valence electrons. The van der Waals surface area contributed by atoms with Crippen molar-refractivity contribution < 1.29 is 4.74 Å². The minimum atomic E-state index is 0.828. The topological polar surface area (TPSA) is 21.3 Å². The minimum Gasteiger partial charge on any atom is -0.382 e. The van der Waals surface area contributed by atoms with Gasteiger partial charge in [0, 0.05) is 25.5 Å². The van der Waals surface area contributed by atoms with Crippen LogP contribution in [0.1, 0.15) is 13.3 Å². The van der Waals surface area contributed by atoms with Gasteiger partial charge in [0.1, 0.15) is 0 Å². The maximum Gasteiger partial charge on any atom is 0.0598 e. The molecule has 15 heavy (non-hydrogen) atoms. The van der Waals surface area contributed by atoms with Crippen molar-refractivity contribution >= 4 is 23.1 Å². The zero-order valence-corrected chi connectivity index (χ0v) is 10.8. The van der Waals surface area contributed by atoms with Gasteiger partial charge in [0.2, 0.25) is 0 Å². The first kappa shape index (κ1) is 13.0. The number of thioether (sulfide) groups is 1. The molecule has 0 bridgehead atoms. The zero-order chi connectivity index (χ0) is 10.8. The summed E-state index contributed by atoms with van der Waals surface area (Å²) in [7, 11) is 0. The van der Waals surface area contributed by atoms with Crippen molar-refractivity contribution in [1.82, 2.24) is 5.32 Å². The van der Waals surface area contributed by atoms with Gasteiger partial charge in [-0.2, -0.15) is 0 Å². The number of rotatable bonds is 9. The third-order valence-electron chi connectivity index (χ3n) is 1.86. The molecule has 0 aromatic carbocycles. The second-order valence-electron chi connectivity index (χ2n) is 3.08. The van der Waals surface area contributed by atoms with E-state index in [9.17, 15) is 0 Å². The van der Waals surface area contributed by atoms with Crippen LogP contribution in [0.2, 0.25) is 0 Å². The Morgan fingerprint density at radius 3 is 3.13 bits per heavy atom. The quantitative estimate of drug-likeness (QED) is 0.534. The zero-order valence-electron chi connectivity index (χ0n) is 9.20. The summed E-state index contributed by atoms with van der Waals surface area (Å²) < 4.78 is 6.66.